The Morgan fingerprint density at radius 3 is 2.66 bits per heavy atom. The predicted molar refractivity (Wildman–Crippen MR) is 127 cm³/mol. The van der Waals surface area contributed by atoms with E-state index in [1.54, 1.807) is 32.0 Å². The Kier molecular flexibility index (Phi) is 5.53. The third kappa shape index (κ3) is 5.03. The summed E-state index contributed by atoms with van der Waals surface area (Å²) >= 11 is 0. The summed E-state index contributed by atoms with van der Waals surface area (Å²) in [5.74, 6) is -0.837. The highest BCUT2D eigenvalue weighted by Gasteiger charge is 2.19. The van der Waals surface area contributed by atoms with Gasteiger partial charge in [0, 0.05) is 28.4 Å². The lowest BCUT2D eigenvalue weighted by Gasteiger charge is -2.16. The van der Waals surface area contributed by atoms with Gasteiger partial charge in [0.15, 0.2) is 17.3 Å². The molecule has 4 N–H and O–H groups in total. The number of benzene rings is 1. The van der Waals surface area contributed by atoms with Crippen LogP contribution in [0.15, 0.2) is 36.5 Å². The molecule has 0 radical (unpaired) electrons. The highest BCUT2D eigenvalue weighted by molar-refractivity contribution is 6.03. The lowest BCUT2D eigenvalue weighted by atomic mass is 10.1. The van der Waals surface area contributed by atoms with Gasteiger partial charge in [-0.15, -0.1) is 10.2 Å². The Morgan fingerprint density at radius 1 is 1.09 bits per heavy atom. The van der Waals surface area contributed by atoms with Crippen molar-refractivity contribution in [1.82, 2.24) is 40.9 Å². The van der Waals surface area contributed by atoms with Crippen molar-refractivity contribution >= 4 is 29.0 Å². The molecule has 13 nitrogen and oxygen atoms in total. The number of aromatic amines is 1. The number of hydrogen-bond donors (Lipinski definition) is 4. The lowest BCUT2D eigenvalue weighted by Crippen LogP contribution is -2.22. The third-order valence-electron chi connectivity index (χ3n) is 4.74. The number of ether oxygens (including phenoxy) is 1. The first-order valence-corrected chi connectivity index (χ1v) is 10.2. The van der Waals surface area contributed by atoms with Gasteiger partial charge in [-0.2, -0.15) is 15.4 Å². The number of rotatable bonds is 7. The van der Waals surface area contributed by atoms with E-state index < -0.39 is 18.8 Å². The molecule has 0 aliphatic rings. The molecule has 13 heteroatoms. The number of aromatic nitrogens is 7. The molecule has 4 rings (SSSR count). The number of carbonyl (C=O) groups is 2. The number of aryl methyl sites for hydroxylation is 2. The summed E-state index contributed by atoms with van der Waals surface area (Å²) < 4.78 is 27.7. The molecule has 1 aromatic carbocycles. The molecular formula is C22H22N10O3. The zero-order chi connectivity index (χ0) is 27.4. The summed E-state index contributed by atoms with van der Waals surface area (Å²) in [5, 5.41) is 25.6. The van der Waals surface area contributed by atoms with Crippen molar-refractivity contribution in [2.75, 3.05) is 24.7 Å². The fraction of sp³-hybridized carbons (Fsp3) is 0.182. The van der Waals surface area contributed by atoms with E-state index in [-0.39, 0.29) is 22.9 Å². The minimum atomic E-state index is -2.77. The van der Waals surface area contributed by atoms with E-state index in [0.29, 0.717) is 34.2 Å². The number of H-pyrrole nitrogens is 1. The molecule has 0 atom stereocenters. The normalized spacial score (nSPS) is 12.1. The molecule has 4 aromatic rings. The Bertz CT molecular complexity index is 1470. The van der Waals surface area contributed by atoms with E-state index >= 15 is 0 Å². The maximum Gasteiger partial charge on any atom is 0.275 e. The van der Waals surface area contributed by atoms with Crippen LogP contribution in [-0.2, 0) is 0 Å². The summed E-state index contributed by atoms with van der Waals surface area (Å²) in [6.07, 6.45) is 1.51. The maximum absolute atomic E-state index is 12.8. The average molecular weight is 478 g/mol. The molecule has 0 saturated carbocycles. The summed E-state index contributed by atoms with van der Waals surface area (Å²) in [6, 6.07) is 7.98. The second-order valence-corrected chi connectivity index (χ2v) is 7.21. The van der Waals surface area contributed by atoms with Crippen LogP contribution in [0.5, 0.6) is 5.75 Å². The molecule has 0 unspecified atom stereocenters. The fourth-order valence-corrected chi connectivity index (χ4v) is 3.32. The second-order valence-electron chi connectivity index (χ2n) is 7.21. The number of hydrogen-bond acceptors (Lipinski definition) is 10. The van der Waals surface area contributed by atoms with Gasteiger partial charge in [-0.3, -0.25) is 9.59 Å². The van der Waals surface area contributed by atoms with Gasteiger partial charge in [0.2, 0.25) is 0 Å². The molecule has 0 saturated heterocycles. The fourth-order valence-electron chi connectivity index (χ4n) is 3.32. The smallest absolute Gasteiger partial charge is 0.275 e. The number of nitrogens with one attached hydrogen (secondary N) is 4. The Labute approximate surface area is 204 Å². The molecule has 0 aliphatic carbocycles. The van der Waals surface area contributed by atoms with Crippen LogP contribution in [0.3, 0.4) is 0 Å². The number of nitrogens with zero attached hydrogens (tertiary/aromatic N) is 6. The van der Waals surface area contributed by atoms with Gasteiger partial charge < -0.3 is 20.7 Å². The van der Waals surface area contributed by atoms with E-state index in [4.69, 9.17) is 8.85 Å². The topological polar surface area (TPSA) is 173 Å². The molecule has 2 amide bonds. The van der Waals surface area contributed by atoms with Gasteiger partial charge in [-0.25, -0.2) is 9.97 Å². The minimum absolute atomic E-state index is 0.0246. The van der Waals surface area contributed by atoms with E-state index in [0.717, 1.165) is 0 Å². The van der Waals surface area contributed by atoms with Gasteiger partial charge in [-0.1, -0.05) is 6.07 Å². The van der Waals surface area contributed by atoms with Crippen molar-refractivity contribution in [3.05, 3.63) is 59.4 Å². The highest BCUT2D eigenvalue weighted by Crippen LogP contribution is 2.37. The average Bonchev–Trinajstić information content (AvgIpc) is 3.37. The molecule has 35 heavy (non-hydrogen) atoms. The quantitative estimate of drug-likeness (QED) is 0.308. The zero-order valence-corrected chi connectivity index (χ0v) is 18.9. The Hall–Kier alpha value is -4.94. The summed E-state index contributed by atoms with van der Waals surface area (Å²) in [5.41, 5.74) is 1.91. The number of carbonyl (C=O) groups excluding carboxylic acids is 2. The van der Waals surface area contributed by atoms with Crippen LogP contribution in [0, 0.1) is 13.8 Å². The minimum Gasteiger partial charge on any atom is -0.494 e. The molecule has 0 aliphatic heterocycles. The first-order chi connectivity index (χ1) is 18.0. The van der Waals surface area contributed by atoms with E-state index in [1.807, 2.05) is 5.32 Å². The third-order valence-corrected chi connectivity index (χ3v) is 4.74. The largest absolute Gasteiger partial charge is 0.494 e. The molecular weight excluding hydrogens is 452 g/mol. The molecule has 3 aromatic heterocycles. The molecule has 3 heterocycles. The van der Waals surface area contributed by atoms with Crippen LogP contribution in [0.2, 0.25) is 0 Å². The summed E-state index contributed by atoms with van der Waals surface area (Å²) in [7, 11) is 1.45. The maximum atomic E-state index is 12.8. The number of anilines is 3. The van der Waals surface area contributed by atoms with Crippen molar-refractivity contribution in [3.8, 4) is 17.0 Å². The Morgan fingerprint density at radius 2 is 1.94 bits per heavy atom. The van der Waals surface area contributed by atoms with Gasteiger partial charge in [0.1, 0.15) is 17.2 Å². The number of para-hydroxylation sites is 1. The summed E-state index contributed by atoms with van der Waals surface area (Å²) in [6.45, 7) is 0.618. The van der Waals surface area contributed by atoms with Gasteiger partial charge in [0.25, 0.3) is 11.8 Å². The predicted octanol–water partition coefficient (Wildman–Crippen LogP) is 2.03. The van der Waals surface area contributed by atoms with Crippen LogP contribution >= 0.6 is 0 Å². The van der Waals surface area contributed by atoms with Crippen molar-refractivity contribution < 1.29 is 18.4 Å². The molecule has 0 fully saturated rings. The number of methoxy groups -OCH3 is 1. The van der Waals surface area contributed by atoms with Crippen LogP contribution in [-0.4, -0.2) is 61.5 Å². The van der Waals surface area contributed by atoms with E-state index in [9.17, 15) is 9.59 Å². The van der Waals surface area contributed by atoms with Gasteiger partial charge in [0.05, 0.1) is 24.7 Å². The standard InChI is InChI=1S/C22H22N10O3/c1-11-8-16(26-12(2)25-11)21(33)28-18-9-15(19(31-30-18)22(34)23-3)27-14-7-5-6-13(20(14)35-4)17-10-24-32-29-17/h5-10H,1-4H3,(H,23,34)(H,24,29,32)(H2,27,28,30,33)/i3D3. The van der Waals surface area contributed by atoms with Crippen molar-refractivity contribution in [2.24, 2.45) is 0 Å². The van der Waals surface area contributed by atoms with E-state index in [1.165, 1.54) is 25.4 Å². The Balaban J connectivity index is 1.73. The highest BCUT2D eigenvalue weighted by atomic mass is 16.5. The van der Waals surface area contributed by atoms with Gasteiger partial charge in [-0.05, 0) is 32.0 Å². The van der Waals surface area contributed by atoms with Crippen LogP contribution < -0.4 is 20.7 Å². The van der Waals surface area contributed by atoms with Gasteiger partial charge >= 0.3 is 0 Å². The van der Waals surface area contributed by atoms with Crippen molar-refractivity contribution in [2.45, 2.75) is 13.8 Å². The second kappa shape index (κ2) is 9.91. The van der Waals surface area contributed by atoms with Crippen molar-refractivity contribution in [3.63, 3.8) is 0 Å². The molecule has 0 bridgehead atoms. The molecule has 0 spiro atoms. The first kappa shape index (κ1) is 19.5. The van der Waals surface area contributed by atoms with Crippen LogP contribution in [0.25, 0.3) is 11.3 Å². The summed E-state index contributed by atoms with van der Waals surface area (Å²) in [4.78, 5) is 33.8. The van der Waals surface area contributed by atoms with Crippen LogP contribution in [0.4, 0.5) is 17.2 Å². The zero-order valence-electron chi connectivity index (χ0n) is 21.9. The first-order valence-electron chi connectivity index (χ1n) is 11.7. The van der Waals surface area contributed by atoms with Crippen molar-refractivity contribution in [1.29, 1.82) is 0 Å². The van der Waals surface area contributed by atoms with Crippen LogP contribution in [0.1, 0.15) is 36.6 Å². The lowest BCUT2D eigenvalue weighted by molar-refractivity contribution is 0.0957. The SMILES string of the molecule is [2H]C([2H])([2H])NC(=O)c1nnc(NC(=O)c2cc(C)nc(C)n2)cc1Nc1cccc(-c2cn[nH]n2)c1OC. The van der Waals surface area contributed by atoms with E-state index in [2.05, 4.69) is 46.2 Å². The molecule has 178 valence electrons. The monoisotopic (exact) mass is 477 g/mol. The number of amides is 2.